The summed E-state index contributed by atoms with van der Waals surface area (Å²) in [5.74, 6) is -0.0602. The normalized spacial score (nSPS) is 9.69. The van der Waals surface area contributed by atoms with Crippen LogP contribution >= 0.6 is 11.6 Å². The molecule has 0 bridgehead atoms. The fraction of sp³-hybridized carbons (Fsp3) is 0.200. The first-order valence-corrected chi connectivity index (χ1v) is 4.39. The predicted octanol–water partition coefficient (Wildman–Crippen LogP) is 1.83. The number of carbonyl (C=O) groups is 1. The maximum absolute atomic E-state index is 10.9. The highest BCUT2D eigenvalue weighted by atomic mass is 35.5. The third-order valence-electron chi connectivity index (χ3n) is 1.68. The topological polar surface area (TPSA) is 29.1 Å². The second kappa shape index (κ2) is 4.87. The highest BCUT2D eigenvalue weighted by Crippen LogP contribution is 2.10. The van der Waals surface area contributed by atoms with Gasteiger partial charge in [0.05, 0.1) is 6.42 Å². The van der Waals surface area contributed by atoms with Gasteiger partial charge in [-0.1, -0.05) is 23.7 Å². The van der Waals surface area contributed by atoms with Crippen molar-refractivity contribution in [1.29, 1.82) is 0 Å². The molecule has 1 aromatic carbocycles. The zero-order valence-electron chi connectivity index (χ0n) is 7.38. The van der Waals surface area contributed by atoms with Crippen LogP contribution in [0.3, 0.4) is 0 Å². The third kappa shape index (κ3) is 3.47. The van der Waals surface area contributed by atoms with E-state index in [1.54, 1.807) is 13.5 Å². The molecule has 0 aliphatic rings. The summed E-state index contributed by atoms with van der Waals surface area (Å²) in [7, 11) is 1.61. The van der Waals surface area contributed by atoms with E-state index in [1.165, 1.54) is 0 Å². The van der Waals surface area contributed by atoms with Crippen molar-refractivity contribution in [3.8, 4) is 0 Å². The second-order valence-corrected chi connectivity index (χ2v) is 3.09. The Morgan fingerprint density at radius 1 is 1.46 bits per heavy atom. The van der Waals surface area contributed by atoms with Gasteiger partial charge in [-0.2, -0.15) is 0 Å². The fourth-order valence-electron chi connectivity index (χ4n) is 0.933. The monoisotopic (exact) mass is 196 g/mol. The summed E-state index contributed by atoms with van der Waals surface area (Å²) in [6.07, 6.45) is 2.24. The van der Waals surface area contributed by atoms with Crippen LogP contribution in [0.1, 0.15) is 5.56 Å². The van der Waals surface area contributed by atoms with Crippen molar-refractivity contribution in [2.24, 2.45) is 0 Å². The van der Waals surface area contributed by atoms with E-state index in [-0.39, 0.29) is 5.91 Å². The van der Waals surface area contributed by atoms with E-state index in [4.69, 9.17) is 11.6 Å². The average Bonchev–Trinajstić information content (AvgIpc) is 2.16. The number of benzene rings is 1. The summed E-state index contributed by atoms with van der Waals surface area (Å²) < 4.78 is 0. The lowest BCUT2D eigenvalue weighted by molar-refractivity contribution is -0.117. The summed E-state index contributed by atoms with van der Waals surface area (Å²) in [4.78, 5) is 10.9. The Morgan fingerprint density at radius 2 is 2.08 bits per heavy atom. The van der Waals surface area contributed by atoms with Gasteiger partial charge >= 0.3 is 0 Å². The summed E-state index contributed by atoms with van der Waals surface area (Å²) in [5.41, 5.74) is 1.08. The van der Waals surface area contributed by atoms with Gasteiger partial charge in [-0.3, -0.25) is 4.79 Å². The van der Waals surface area contributed by atoms with Gasteiger partial charge in [0, 0.05) is 12.1 Å². The van der Waals surface area contributed by atoms with E-state index in [9.17, 15) is 4.79 Å². The van der Waals surface area contributed by atoms with Crippen LogP contribution in [0.25, 0.3) is 0 Å². The number of nitrogens with one attached hydrogen (secondary N) is 1. The Hall–Kier alpha value is -1.02. The van der Waals surface area contributed by atoms with E-state index in [1.807, 2.05) is 24.3 Å². The minimum atomic E-state index is -0.0602. The summed E-state index contributed by atoms with van der Waals surface area (Å²) in [6, 6.07) is 7.44. The maximum Gasteiger partial charge on any atom is 0.224 e. The molecule has 2 nitrogen and oxygen atoms in total. The molecule has 0 aliphatic heterocycles. The molecular weight excluding hydrogens is 186 g/mol. The van der Waals surface area contributed by atoms with Crippen molar-refractivity contribution in [3.05, 3.63) is 41.3 Å². The van der Waals surface area contributed by atoms with Gasteiger partial charge < -0.3 is 5.32 Å². The number of rotatable bonds is 3. The Bertz CT molecular complexity index is 281. The summed E-state index contributed by atoms with van der Waals surface area (Å²) in [5, 5.41) is 3.24. The molecule has 3 heteroatoms. The van der Waals surface area contributed by atoms with Gasteiger partial charge in [-0.25, -0.2) is 0 Å². The summed E-state index contributed by atoms with van der Waals surface area (Å²) in [6.45, 7) is 0. The predicted molar refractivity (Wildman–Crippen MR) is 53.5 cm³/mol. The van der Waals surface area contributed by atoms with Crippen LogP contribution in [-0.4, -0.2) is 13.0 Å². The highest BCUT2D eigenvalue weighted by molar-refractivity contribution is 6.30. The largest absolute Gasteiger partial charge is 0.359 e. The molecule has 0 aromatic heterocycles. The highest BCUT2D eigenvalue weighted by Gasteiger charge is 1.99. The molecule has 1 N–H and O–H groups in total. The van der Waals surface area contributed by atoms with E-state index >= 15 is 0 Å². The van der Waals surface area contributed by atoms with Gasteiger partial charge in [0.25, 0.3) is 0 Å². The molecule has 0 unspecified atom stereocenters. The van der Waals surface area contributed by atoms with Gasteiger partial charge in [0.2, 0.25) is 5.91 Å². The van der Waals surface area contributed by atoms with E-state index < -0.39 is 0 Å². The van der Waals surface area contributed by atoms with Crippen LogP contribution in [0.4, 0.5) is 0 Å². The van der Waals surface area contributed by atoms with E-state index in [0.717, 1.165) is 5.56 Å². The van der Waals surface area contributed by atoms with Gasteiger partial charge in [-0.15, -0.1) is 0 Å². The molecule has 0 aliphatic carbocycles. The molecule has 0 atom stereocenters. The molecule has 0 saturated heterocycles. The molecular formula is C10H11ClNO. The number of carbonyl (C=O) groups excluding carboxylic acids is 1. The standard InChI is InChI=1S/C10H11ClNO/c1-12-10(13)7-4-8-2-5-9(11)6-3-8/h2-3,5-7H,4H2,1H3,(H,12,13). The van der Waals surface area contributed by atoms with Gasteiger partial charge in [0.15, 0.2) is 0 Å². The molecule has 0 fully saturated rings. The van der Waals surface area contributed by atoms with Crippen molar-refractivity contribution in [2.75, 3.05) is 7.05 Å². The number of hydrogen-bond donors (Lipinski definition) is 1. The molecule has 0 saturated carbocycles. The van der Waals surface area contributed by atoms with Crippen LogP contribution in [0, 0.1) is 6.42 Å². The zero-order valence-corrected chi connectivity index (χ0v) is 8.14. The molecule has 1 rings (SSSR count). The second-order valence-electron chi connectivity index (χ2n) is 2.65. The molecule has 0 spiro atoms. The van der Waals surface area contributed by atoms with Crippen molar-refractivity contribution < 1.29 is 4.79 Å². The number of amides is 1. The van der Waals surface area contributed by atoms with Gasteiger partial charge in [-0.05, 0) is 24.1 Å². The fourth-order valence-corrected chi connectivity index (χ4v) is 1.06. The molecule has 69 valence electrons. The quantitative estimate of drug-likeness (QED) is 0.786. The van der Waals surface area contributed by atoms with E-state index in [0.29, 0.717) is 11.4 Å². The van der Waals surface area contributed by atoms with Crippen LogP contribution in [-0.2, 0) is 11.2 Å². The number of halogens is 1. The minimum absolute atomic E-state index is 0.0602. The lowest BCUT2D eigenvalue weighted by Gasteiger charge is -1.99. The van der Waals surface area contributed by atoms with Crippen LogP contribution in [0.15, 0.2) is 24.3 Å². The SMILES string of the molecule is CNC(=O)[CH]Cc1ccc(Cl)cc1. The van der Waals surface area contributed by atoms with Crippen LogP contribution in [0.5, 0.6) is 0 Å². The summed E-state index contributed by atoms with van der Waals surface area (Å²) >= 11 is 5.71. The van der Waals surface area contributed by atoms with Gasteiger partial charge in [0.1, 0.15) is 0 Å². The van der Waals surface area contributed by atoms with Crippen LogP contribution in [0.2, 0.25) is 5.02 Å². The number of hydrogen-bond acceptors (Lipinski definition) is 1. The van der Waals surface area contributed by atoms with Crippen molar-refractivity contribution in [1.82, 2.24) is 5.32 Å². The lowest BCUT2D eigenvalue weighted by atomic mass is 10.1. The lowest BCUT2D eigenvalue weighted by Crippen LogP contribution is -2.18. The van der Waals surface area contributed by atoms with Crippen molar-refractivity contribution in [3.63, 3.8) is 0 Å². The van der Waals surface area contributed by atoms with Crippen molar-refractivity contribution >= 4 is 17.5 Å². The first-order chi connectivity index (χ1) is 6.22. The minimum Gasteiger partial charge on any atom is -0.359 e. The maximum atomic E-state index is 10.9. The molecule has 1 aromatic rings. The first kappa shape index (κ1) is 10.1. The van der Waals surface area contributed by atoms with E-state index in [2.05, 4.69) is 5.32 Å². The Balaban J connectivity index is 2.46. The first-order valence-electron chi connectivity index (χ1n) is 4.01. The smallest absolute Gasteiger partial charge is 0.224 e. The third-order valence-corrected chi connectivity index (χ3v) is 1.93. The molecule has 1 amide bonds. The Morgan fingerprint density at radius 3 is 2.62 bits per heavy atom. The molecule has 13 heavy (non-hydrogen) atoms. The average molecular weight is 197 g/mol. The molecule has 0 heterocycles. The molecule has 1 radical (unpaired) electrons. The Kier molecular flexibility index (Phi) is 3.77. The Labute approximate surface area is 82.9 Å². The van der Waals surface area contributed by atoms with Crippen LogP contribution < -0.4 is 5.32 Å². The zero-order chi connectivity index (χ0) is 9.68. The van der Waals surface area contributed by atoms with Crippen molar-refractivity contribution in [2.45, 2.75) is 6.42 Å².